The van der Waals surface area contributed by atoms with E-state index in [1.807, 2.05) is 30.5 Å². The van der Waals surface area contributed by atoms with Gasteiger partial charge in [0.1, 0.15) is 18.7 Å². The van der Waals surface area contributed by atoms with Crippen LogP contribution in [-0.4, -0.2) is 33.7 Å². The largest absolute Gasteiger partial charge is 1.00 e. The Morgan fingerprint density at radius 1 is 1.10 bits per heavy atom. The van der Waals surface area contributed by atoms with Crippen LogP contribution < -0.4 is 12.4 Å². The lowest BCUT2D eigenvalue weighted by Gasteiger charge is -2.58. The van der Waals surface area contributed by atoms with Crippen molar-refractivity contribution in [2.24, 2.45) is 11.8 Å². The maximum atomic E-state index is 11.7. The van der Waals surface area contributed by atoms with Crippen LogP contribution in [0.3, 0.4) is 0 Å². The average Bonchev–Trinajstić information content (AvgIpc) is 2.78. The van der Waals surface area contributed by atoms with Crippen molar-refractivity contribution in [3.63, 3.8) is 0 Å². The number of aliphatic hydroxyl groups excluding tert-OH is 1. The number of benzene rings is 2. The molecule has 3 saturated heterocycles. The molecule has 0 aliphatic carbocycles. The molecule has 0 saturated carbocycles. The lowest BCUT2D eigenvalue weighted by Crippen LogP contribution is -3.00. The van der Waals surface area contributed by atoms with E-state index in [9.17, 15) is 5.11 Å². The molecule has 1 unspecified atom stereocenters. The van der Waals surface area contributed by atoms with Gasteiger partial charge in [-0.3, -0.25) is 4.98 Å². The highest BCUT2D eigenvalue weighted by atomic mass is 35.5. The Balaban J connectivity index is 0.00000218. The minimum atomic E-state index is -0.486. The van der Waals surface area contributed by atoms with Crippen LogP contribution in [0.15, 0.2) is 79.5 Å². The molecule has 4 heterocycles. The van der Waals surface area contributed by atoms with E-state index >= 15 is 0 Å². The van der Waals surface area contributed by atoms with E-state index in [-0.39, 0.29) is 18.4 Å². The summed E-state index contributed by atoms with van der Waals surface area (Å²) in [6.45, 7) is 7.32. The quantitative estimate of drug-likeness (QED) is 0.505. The Morgan fingerprint density at radius 3 is 2.67 bits per heavy atom. The highest BCUT2D eigenvalue weighted by Gasteiger charge is 2.53. The van der Waals surface area contributed by atoms with Crippen LogP contribution in [0.2, 0.25) is 0 Å². The minimum absolute atomic E-state index is 0. The second-order valence-corrected chi connectivity index (χ2v) is 8.88. The Kier molecular flexibility index (Phi) is 5.97. The van der Waals surface area contributed by atoms with E-state index in [2.05, 4.69) is 54.0 Å². The van der Waals surface area contributed by atoms with Crippen molar-refractivity contribution in [2.75, 3.05) is 13.1 Å². The van der Waals surface area contributed by atoms with Gasteiger partial charge in [0.25, 0.3) is 0 Å². The molecule has 30 heavy (non-hydrogen) atoms. The summed E-state index contributed by atoms with van der Waals surface area (Å²) in [6, 6.07) is 21.2. The van der Waals surface area contributed by atoms with E-state index in [0.29, 0.717) is 11.8 Å². The summed E-state index contributed by atoms with van der Waals surface area (Å²) in [5.41, 5.74) is 3.33. The minimum Gasteiger partial charge on any atom is -1.00 e. The van der Waals surface area contributed by atoms with Crippen molar-refractivity contribution in [3.8, 4) is 0 Å². The molecule has 3 aliphatic rings. The van der Waals surface area contributed by atoms with Crippen LogP contribution >= 0.6 is 0 Å². The predicted molar refractivity (Wildman–Crippen MR) is 117 cm³/mol. The van der Waals surface area contributed by atoms with Crippen LogP contribution in [0.5, 0.6) is 0 Å². The fraction of sp³-hybridized carbons (Fsp3) is 0.346. The van der Waals surface area contributed by atoms with Crippen molar-refractivity contribution in [3.05, 3.63) is 90.6 Å². The predicted octanol–water partition coefficient (Wildman–Crippen LogP) is 1.88. The fourth-order valence-electron chi connectivity index (χ4n) is 5.91. The Labute approximate surface area is 185 Å². The first-order valence-corrected chi connectivity index (χ1v) is 10.7. The average molecular weight is 421 g/mol. The number of hydrogen-bond donors (Lipinski definition) is 1. The number of rotatable bonds is 5. The monoisotopic (exact) mass is 420 g/mol. The van der Waals surface area contributed by atoms with Crippen molar-refractivity contribution in [1.82, 2.24) is 4.98 Å². The summed E-state index contributed by atoms with van der Waals surface area (Å²) < 4.78 is 0.953. The number of piperidine rings is 3. The van der Waals surface area contributed by atoms with Gasteiger partial charge in [-0.25, -0.2) is 0 Å². The Morgan fingerprint density at radius 2 is 1.87 bits per heavy atom. The normalized spacial score (nSPS) is 28.6. The first-order chi connectivity index (χ1) is 14.2. The Bertz CT molecular complexity index is 1020. The molecule has 3 aliphatic heterocycles. The molecule has 2 bridgehead atoms. The molecule has 1 aromatic heterocycles. The van der Waals surface area contributed by atoms with Gasteiger partial charge in [-0.15, -0.1) is 6.58 Å². The number of hydrogen-bond acceptors (Lipinski definition) is 2. The topological polar surface area (TPSA) is 33.1 Å². The fourth-order valence-corrected chi connectivity index (χ4v) is 5.91. The molecule has 0 spiro atoms. The maximum Gasteiger partial charge on any atom is 0.131 e. The molecule has 5 atom stereocenters. The third kappa shape index (κ3) is 3.56. The third-order valence-corrected chi connectivity index (χ3v) is 7.38. The van der Waals surface area contributed by atoms with Crippen LogP contribution in [0.4, 0.5) is 0 Å². The lowest BCUT2D eigenvalue weighted by molar-refractivity contribution is -0.984. The number of aliphatic hydroxyl groups is 1. The van der Waals surface area contributed by atoms with E-state index in [1.54, 1.807) is 0 Å². The molecule has 4 heteroatoms. The molecule has 0 radical (unpaired) electrons. The highest BCUT2D eigenvalue weighted by molar-refractivity contribution is 5.82. The molecule has 156 valence electrons. The van der Waals surface area contributed by atoms with Crippen molar-refractivity contribution >= 4 is 10.9 Å². The summed E-state index contributed by atoms with van der Waals surface area (Å²) in [6.07, 6.45) is 5.79. The summed E-state index contributed by atoms with van der Waals surface area (Å²) >= 11 is 0. The Hall–Kier alpha value is -2.20. The molecule has 6 rings (SSSR count). The zero-order chi connectivity index (χ0) is 19.8. The summed E-state index contributed by atoms with van der Waals surface area (Å²) in [4.78, 5) is 4.50. The van der Waals surface area contributed by atoms with Crippen molar-refractivity contribution in [2.45, 2.75) is 31.5 Å². The van der Waals surface area contributed by atoms with Crippen LogP contribution in [0.25, 0.3) is 10.9 Å². The first kappa shape index (κ1) is 21.0. The van der Waals surface area contributed by atoms with E-state index in [1.165, 1.54) is 12.0 Å². The number of halogens is 1. The standard InChI is InChI=1S/C26H29N2O.ClH/c1-2-20-18-28(17-19-8-4-3-5-9-19)15-13-21(20)16-25(28)26(29)23-12-14-27-24-11-7-6-10-22(23)24;/h2-12,14,20-21,25-26,29H,1,13,15-18H2;1H/q+1;/p-1/t20-,21-,25+,26-,28?;/m1./s1. The van der Waals surface area contributed by atoms with Gasteiger partial charge < -0.3 is 22.0 Å². The van der Waals surface area contributed by atoms with E-state index < -0.39 is 6.10 Å². The summed E-state index contributed by atoms with van der Waals surface area (Å²) in [7, 11) is 0. The summed E-state index contributed by atoms with van der Waals surface area (Å²) in [5.74, 6) is 1.18. The highest BCUT2D eigenvalue weighted by Crippen LogP contribution is 2.47. The molecule has 3 nitrogen and oxygen atoms in total. The maximum absolute atomic E-state index is 11.7. The second kappa shape index (κ2) is 8.50. The molecule has 3 aromatic rings. The zero-order valence-electron chi connectivity index (χ0n) is 17.2. The number of pyridine rings is 1. The summed E-state index contributed by atoms with van der Waals surface area (Å²) in [5, 5.41) is 12.8. The van der Waals surface area contributed by atoms with Crippen LogP contribution in [-0.2, 0) is 6.54 Å². The smallest absolute Gasteiger partial charge is 0.131 e. The molecule has 2 aromatic carbocycles. The lowest BCUT2D eigenvalue weighted by atomic mass is 9.71. The van der Waals surface area contributed by atoms with Gasteiger partial charge in [0.05, 0.1) is 18.6 Å². The van der Waals surface area contributed by atoms with Gasteiger partial charge in [-0.2, -0.15) is 0 Å². The van der Waals surface area contributed by atoms with E-state index in [0.717, 1.165) is 47.0 Å². The molecule has 3 fully saturated rings. The molecular weight excluding hydrogens is 392 g/mol. The van der Waals surface area contributed by atoms with Crippen molar-refractivity contribution < 1.29 is 22.0 Å². The SMILES string of the molecule is C=C[C@@H]1C[N+]2(Cc3ccccc3)CC[C@@H]1C[C@H]2[C@H](O)c1ccnc2ccccc12.[Cl-]. The van der Waals surface area contributed by atoms with Gasteiger partial charge in [-0.1, -0.05) is 54.6 Å². The van der Waals surface area contributed by atoms with Gasteiger partial charge in [0, 0.05) is 35.9 Å². The number of aromatic nitrogens is 1. The van der Waals surface area contributed by atoms with Gasteiger partial charge in [0.2, 0.25) is 0 Å². The number of nitrogens with zero attached hydrogens (tertiary/aromatic N) is 2. The first-order valence-electron chi connectivity index (χ1n) is 10.7. The second-order valence-electron chi connectivity index (χ2n) is 8.88. The van der Waals surface area contributed by atoms with Crippen molar-refractivity contribution in [1.29, 1.82) is 0 Å². The zero-order valence-corrected chi connectivity index (χ0v) is 18.0. The van der Waals surface area contributed by atoms with Gasteiger partial charge in [0.15, 0.2) is 0 Å². The number of fused-ring (bicyclic) bond motifs is 4. The molecule has 0 amide bonds. The van der Waals surface area contributed by atoms with Crippen LogP contribution in [0.1, 0.15) is 30.1 Å². The molecular formula is C26H29ClN2O. The third-order valence-electron chi connectivity index (χ3n) is 7.38. The molecule has 1 N–H and O–H groups in total. The van der Waals surface area contributed by atoms with Gasteiger partial charge >= 0.3 is 0 Å². The van der Waals surface area contributed by atoms with Gasteiger partial charge in [-0.05, 0) is 23.6 Å². The van der Waals surface area contributed by atoms with E-state index in [4.69, 9.17) is 0 Å². The number of para-hydroxylation sites is 1. The van der Waals surface area contributed by atoms with Crippen LogP contribution in [0, 0.1) is 11.8 Å². The number of quaternary nitrogens is 1.